The van der Waals surface area contributed by atoms with Crippen molar-refractivity contribution in [3.63, 3.8) is 0 Å². The first-order chi connectivity index (χ1) is 6.38. The van der Waals surface area contributed by atoms with Gasteiger partial charge in [-0.15, -0.1) is 0 Å². The van der Waals surface area contributed by atoms with E-state index in [0.717, 1.165) is 0 Å². The quantitative estimate of drug-likeness (QED) is 0.382. The first-order valence-corrected chi connectivity index (χ1v) is 6.01. The van der Waals surface area contributed by atoms with Crippen molar-refractivity contribution >= 4 is 38.4 Å². The standard InChI is InChI=1S/C7H5IN2O3S.BrH/c1-4-5(8)2-3-6(10-9)7(4)14(11,12)13;/h2-3H,1H3;1H. The second-order valence-electron chi connectivity index (χ2n) is 2.60. The van der Waals surface area contributed by atoms with E-state index in [1.54, 1.807) is 6.07 Å². The molecule has 0 bridgehead atoms. The summed E-state index contributed by atoms with van der Waals surface area (Å²) in [5, 5.41) is 8.54. The van der Waals surface area contributed by atoms with Gasteiger partial charge in [-0.3, -0.25) is 4.55 Å². The molecule has 0 saturated heterocycles. The summed E-state index contributed by atoms with van der Waals surface area (Å²) in [6.07, 6.45) is 0. The van der Waals surface area contributed by atoms with E-state index in [2.05, 4.69) is 4.98 Å². The third kappa shape index (κ3) is 3.10. The molecule has 0 spiro atoms. The highest BCUT2D eigenvalue weighted by Gasteiger charge is 2.27. The van der Waals surface area contributed by atoms with Gasteiger partial charge in [0.2, 0.25) is 5.39 Å². The van der Waals surface area contributed by atoms with E-state index in [4.69, 9.17) is 9.95 Å². The fourth-order valence-corrected chi connectivity index (χ4v) is 2.56. The molecule has 0 unspecified atom stereocenters. The van der Waals surface area contributed by atoms with Gasteiger partial charge in [-0.1, -0.05) is 0 Å². The summed E-state index contributed by atoms with van der Waals surface area (Å²) in [4.78, 5) is 2.44. The second kappa shape index (κ2) is 5.20. The molecule has 0 fully saturated rings. The van der Waals surface area contributed by atoms with Gasteiger partial charge in [0.1, 0.15) is 0 Å². The van der Waals surface area contributed by atoms with Crippen LogP contribution in [-0.2, 0) is 10.1 Å². The molecule has 82 valence electrons. The summed E-state index contributed by atoms with van der Waals surface area (Å²) in [7, 11) is -4.36. The highest BCUT2D eigenvalue weighted by Crippen LogP contribution is 2.30. The number of halogens is 2. The molecule has 1 aromatic rings. The minimum Gasteiger partial charge on any atom is -1.00 e. The van der Waals surface area contributed by atoms with E-state index in [0.29, 0.717) is 9.13 Å². The third-order valence-electron chi connectivity index (χ3n) is 1.68. The highest BCUT2D eigenvalue weighted by atomic mass is 127. The largest absolute Gasteiger partial charge is 1.00 e. The van der Waals surface area contributed by atoms with Crippen LogP contribution in [0.25, 0.3) is 4.98 Å². The summed E-state index contributed by atoms with van der Waals surface area (Å²) >= 11 is 1.92. The Bertz CT molecular complexity index is 524. The molecule has 0 atom stereocenters. The van der Waals surface area contributed by atoms with Crippen LogP contribution in [-0.4, -0.2) is 13.0 Å². The molecule has 0 aliphatic rings. The summed E-state index contributed by atoms with van der Waals surface area (Å²) in [5.74, 6) is 0. The lowest BCUT2D eigenvalue weighted by Crippen LogP contribution is -3.00. The zero-order valence-corrected chi connectivity index (χ0v) is 12.0. The van der Waals surface area contributed by atoms with Crippen LogP contribution < -0.4 is 17.0 Å². The van der Waals surface area contributed by atoms with Crippen LogP contribution in [0, 0.1) is 15.9 Å². The van der Waals surface area contributed by atoms with Gasteiger partial charge < -0.3 is 17.0 Å². The van der Waals surface area contributed by atoms with Crippen molar-refractivity contribution in [3.05, 3.63) is 26.2 Å². The molecule has 15 heavy (non-hydrogen) atoms. The fourth-order valence-electron chi connectivity index (χ4n) is 1.06. The van der Waals surface area contributed by atoms with Crippen LogP contribution in [0.1, 0.15) is 5.56 Å². The lowest BCUT2D eigenvalue weighted by molar-refractivity contribution is -0.00000728. The molecule has 0 saturated carbocycles. The first kappa shape index (κ1) is 14.8. The molecule has 0 aliphatic heterocycles. The van der Waals surface area contributed by atoms with Gasteiger partial charge >= 0.3 is 15.8 Å². The predicted octanol–water partition coefficient (Wildman–Crippen LogP) is -0.665. The highest BCUT2D eigenvalue weighted by molar-refractivity contribution is 14.1. The molecular weight excluding hydrogens is 399 g/mol. The maximum Gasteiger partial charge on any atom is 0.406 e. The summed E-state index contributed by atoms with van der Waals surface area (Å²) in [6, 6.07) is 2.91. The fraction of sp³-hybridized carbons (Fsp3) is 0.143. The Morgan fingerprint density at radius 3 is 2.40 bits per heavy atom. The van der Waals surface area contributed by atoms with Crippen molar-refractivity contribution in [1.82, 2.24) is 0 Å². The van der Waals surface area contributed by atoms with Gasteiger partial charge in [0.15, 0.2) is 9.87 Å². The monoisotopic (exact) mass is 404 g/mol. The second-order valence-corrected chi connectivity index (χ2v) is 5.12. The topological polar surface area (TPSA) is 82.5 Å². The Balaban J connectivity index is 0.00000196. The van der Waals surface area contributed by atoms with Crippen molar-refractivity contribution in [2.75, 3.05) is 0 Å². The van der Waals surface area contributed by atoms with E-state index in [1.807, 2.05) is 22.6 Å². The average Bonchev–Trinajstić information content (AvgIpc) is 2.07. The van der Waals surface area contributed by atoms with Crippen LogP contribution >= 0.6 is 22.6 Å². The van der Waals surface area contributed by atoms with Crippen molar-refractivity contribution in [1.29, 1.82) is 5.39 Å². The third-order valence-corrected chi connectivity index (χ3v) is 3.88. The van der Waals surface area contributed by atoms with Crippen LogP contribution in [0.2, 0.25) is 0 Å². The zero-order valence-electron chi connectivity index (χ0n) is 7.48. The minimum atomic E-state index is -4.36. The molecule has 0 heterocycles. The molecule has 5 nitrogen and oxygen atoms in total. The molecular formula is C7H6BrIN2O3S. The Labute approximate surface area is 111 Å². The zero-order chi connectivity index (χ0) is 10.9. The Morgan fingerprint density at radius 2 is 2.00 bits per heavy atom. The summed E-state index contributed by atoms with van der Waals surface area (Å²) in [6.45, 7) is 1.53. The normalized spacial score (nSPS) is 10.3. The molecule has 0 radical (unpaired) electrons. The molecule has 0 aromatic heterocycles. The van der Waals surface area contributed by atoms with Gasteiger partial charge in [0.25, 0.3) is 0 Å². The van der Waals surface area contributed by atoms with E-state index < -0.39 is 10.1 Å². The van der Waals surface area contributed by atoms with E-state index >= 15 is 0 Å². The van der Waals surface area contributed by atoms with Crippen LogP contribution in [0.15, 0.2) is 17.0 Å². The lowest BCUT2D eigenvalue weighted by Gasteiger charge is -2.00. The first-order valence-electron chi connectivity index (χ1n) is 3.49. The smallest absolute Gasteiger partial charge is 0.406 e. The summed E-state index contributed by atoms with van der Waals surface area (Å²) < 4.78 is 31.5. The van der Waals surface area contributed by atoms with Gasteiger partial charge in [-0.05, 0) is 41.1 Å². The maximum atomic E-state index is 11.0. The molecule has 1 aromatic carbocycles. The Hall–Kier alpha value is -0.240. The van der Waals surface area contributed by atoms with E-state index in [9.17, 15) is 8.42 Å². The number of hydrogen-bond acceptors (Lipinski definition) is 3. The predicted molar refractivity (Wildman–Crippen MR) is 58.5 cm³/mol. The van der Waals surface area contributed by atoms with Gasteiger partial charge in [0.05, 0.1) is 0 Å². The van der Waals surface area contributed by atoms with Crippen LogP contribution in [0.5, 0.6) is 0 Å². The SMILES string of the molecule is Cc1c(I)ccc([N+]#N)c1S(=O)(=O)O.[Br-]. The number of rotatable bonds is 1. The van der Waals surface area contributed by atoms with Gasteiger partial charge in [-0.25, -0.2) is 0 Å². The number of nitrogens with zero attached hydrogens (tertiary/aromatic N) is 2. The molecule has 0 aliphatic carbocycles. The number of benzene rings is 1. The maximum absolute atomic E-state index is 11.0. The number of diazo groups is 1. The van der Waals surface area contributed by atoms with Crippen LogP contribution in [0.3, 0.4) is 0 Å². The van der Waals surface area contributed by atoms with Crippen molar-refractivity contribution in [3.8, 4) is 0 Å². The average molecular weight is 405 g/mol. The van der Waals surface area contributed by atoms with Gasteiger partial charge in [0, 0.05) is 9.64 Å². The Morgan fingerprint density at radius 1 is 1.47 bits per heavy atom. The lowest BCUT2D eigenvalue weighted by atomic mass is 10.2. The number of hydrogen-bond donors (Lipinski definition) is 1. The van der Waals surface area contributed by atoms with Crippen molar-refractivity contribution in [2.24, 2.45) is 0 Å². The molecule has 0 amide bonds. The summed E-state index contributed by atoms with van der Waals surface area (Å²) in [5.41, 5.74) is 0.203. The molecule has 8 heteroatoms. The van der Waals surface area contributed by atoms with E-state index in [-0.39, 0.29) is 27.6 Å². The molecule has 1 rings (SSSR count). The van der Waals surface area contributed by atoms with Gasteiger partial charge in [-0.2, -0.15) is 8.42 Å². The van der Waals surface area contributed by atoms with Crippen molar-refractivity contribution in [2.45, 2.75) is 11.8 Å². The van der Waals surface area contributed by atoms with Crippen molar-refractivity contribution < 1.29 is 30.0 Å². The Kier molecular flexibility index (Phi) is 5.12. The minimum absolute atomic E-state index is 0. The van der Waals surface area contributed by atoms with E-state index in [1.165, 1.54) is 13.0 Å². The molecule has 1 N–H and O–H groups in total. The van der Waals surface area contributed by atoms with Crippen LogP contribution in [0.4, 0.5) is 5.69 Å².